The number of halogens is 3. The zero-order valence-corrected chi connectivity index (χ0v) is 10.3. The van der Waals surface area contributed by atoms with Gasteiger partial charge in [0.25, 0.3) is 0 Å². The lowest BCUT2D eigenvalue weighted by molar-refractivity contribution is 0.632. The summed E-state index contributed by atoms with van der Waals surface area (Å²) >= 11 is 8.91. The molecule has 0 saturated carbocycles. The zero-order valence-electron chi connectivity index (χ0n) is 7.92. The molecule has 2 rings (SSSR count). The lowest BCUT2D eigenvalue weighted by Crippen LogP contribution is -1.97. The van der Waals surface area contributed by atoms with Gasteiger partial charge in [0.15, 0.2) is 5.82 Å². The maximum atomic E-state index is 13.6. The standard InChI is InChI=1S/C10H6BrClFN3/c11-6-4-14-5-15-10(6)16-8-3-1-2-7(12)9(8)13/h1-5H,(H,14,15,16). The predicted octanol–water partition coefficient (Wildman–Crippen LogP) is 3.78. The lowest BCUT2D eigenvalue weighted by atomic mass is 10.3. The molecule has 0 unspecified atom stereocenters. The maximum Gasteiger partial charge on any atom is 0.165 e. The molecule has 0 aliphatic rings. The van der Waals surface area contributed by atoms with E-state index < -0.39 is 5.82 Å². The van der Waals surface area contributed by atoms with Crippen LogP contribution in [0.2, 0.25) is 5.02 Å². The normalized spacial score (nSPS) is 10.2. The Morgan fingerprint density at radius 3 is 2.94 bits per heavy atom. The number of nitrogens with zero attached hydrogens (tertiary/aromatic N) is 2. The largest absolute Gasteiger partial charge is 0.337 e. The van der Waals surface area contributed by atoms with E-state index in [4.69, 9.17) is 11.6 Å². The summed E-state index contributed by atoms with van der Waals surface area (Å²) in [7, 11) is 0. The second kappa shape index (κ2) is 4.76. The lowest BCUT2D eigenvalue weighted by Gasteiger charge is -2.08. The van der Waals surface area contributed by atoms with Crippen molar-refractivity contribution in [1.82, 2.24) is 9.97 Å². The number of hydrogen-bond donors (Lipinski definition) is 1. The van der Waals surface area contributed by atoms with Gasteiger partial charge in [0.1, 0.15) is 12.1 Å². The summed E-state index contributed by atoms with van der Waals surface area (Å²) in [5.74, 6) is -0.0224. The van der Waals surface area contributed by atoms with Gasteiger partial charge >= 0.3 is 0 Å². The van der Waals surface area contributed by atoms with Gasteiger partial charge in [-0.25, -0.2) is 14.4 Å². The molecule has 0 bridgehead atoms. The minimum absolute atomic E-state index is 0.0650. The van der Waals surface area contributed by atoms with Crippen molar-refractivity contribution in [2.24, 2.45) is 0 Å². The highest BCUT2D eigenvalue weighted by Crippen LogP contribution is 2.27. The molecule has 6 heteroatoms. The molecule has 0 radical (unpaired) electrons. The monoisotopic (exact) mass is 301 g/mol. The Morgan fingerprint density at radius 1 is 1.38 bits per heavy atom. The third kappa shape index (κ3) is 2.31. The van der Waals surface area contributed by atoms with E-state index in [2.05, 4.69) is 31.2 Å². The van der Waals surface area contributed by atoms with Crippen LogP contribution in [0.5, 0.6) is 0 Å². The third-order valence-corrected chi connectivity index (χ3v) is 2.74. The minimum Gasteiger partial charge on any atom is -0.337 e. The van der Waals surface area contributed by atoms with Gasteiger partial charge in [0.2, 0.25) is 0 Å². The summed E-state index contributed by atoms with van der Waals surface area (Å²) < 4.78 is 14.2. The molecule has 0 aliphatic carbocycles. The van der Waals surface area contributed by atoms with Crippen molar-refractivity contribution in [1.29, 1.82) is 0 Å². The smallest absolute Gasteiger partial charge is 0.165 e. The first kappa shape index (κ1) is 11.3. The highest BCUT2D eigenvalue weighted by Gasteiger charge is 2.08. The fourth-order valence-electron chi connectivity index (χ4n) is 1.13. The molecule has 1 N–H and O–H groups in total. The van der Waals surface area contributed by atoms with Gasteiger partial charge in [-0.1, -0.05) is 17.7 Å². The number of hydrogen-bond acceptors (Lipinski definition) is 3. The first-order valence-electron chi connectivity index (χ1n) is 4.35. The number of rotatable bonds is 2. The first-order valence-corrected chi connectivity index (χ1v) is 5.52. The molecule has 2 aromatic rings. The van der Waals surface area contributed by atoms with Crippen LogP contribution in [0.3, 0.4) is 0 Å². The molecular weight excluding hydrogens is 296 g/mol. The average Bonchev–Trinajstić information content (AvgIpc) is 2.28. The van der Waals surface area contributed by atoms with E-state index in [1.54, 1.807) is 18.3 Å². The fourth-order valence-corrected chi connectivity index (χ4v) is 1.63. The van der Waals surface area contributed by atoms with E-state index in [9.17, 15) is 4.39 Å². The molecule has 0 atom stereocenters. The molecule has 82 valence electrons. The SMILES string of the molecule is Fc1c(Cl)cccc1Nc1ncncc1Br. The molecule has 1 aromatic carbocycles. The molecule has 0 saturated heterocycles. The van der Waals surface area contributed by atoms with Crippen LogP contribution in [-0.4, -0.2) is 9.97 Å². The Morgan fingerprint density at radius 2 is 2.19 bits per heavy atom. The summed E-state index contributed by atoms with van der Waals surface area (Å²) in [4.78, 5) is 7.77. The summed E-state index contributed by atoms with van der Waals surface area (Å²) in [6.45, 7) is 0. The molecule has 0 aliphatic heterocycles. The van der Waals surface area contributed by atoms with E-state index in [1.165, 1.54) is 12.4 Å². The van der Waals surface area contributed by atoms with Gasteiger partial charge in [-0.05, 0) is 28.1 Å². The van der Waals surface area contributed by atoms with Crippen LogP contribution in [0.4, 0.5) is 15.9 Å². The molecule has 16 heavy (non-hydrogen) atoms. The highest BCUT2D eigenvalue weighted by molar-refractivity contribution is 9.10. The molecule has 0 spiro atoms. The van der Waals surface area contributed by atoms with Crippen LogP contribution in [0.25, 0.3) is 0 Å². The third-order valence-electron chi connectivity index (χ3n) is 1.87. The van der Waals surface area contributed by atoms with Crippen molar-refractivity contribution in [3.8, 4) is 0 Å². The van der Waals surface area contributed by atoms with E-state index in [0.29, 0.717) is 10.3 Å². The molecular formula is C10H6BrClFN3. The predicted molar refractivity (Wildman–Crippen MR) is 64.4 cm³/mol. The van der Waals surface area contributed by atoms with Crippen LogP contribution < -0.4 is 5.32 Å². The average molecular weight is 303 g/mol. The van der Waals surface area contributed by atoms with E-state index in [1.807, 2.05) is 0 Å². The Kier molecular flexibility index (Phi) is 3.36. The van der Waals surface area contributed by atoms with Gasteiger partial charge in [-0.2, -0.15) is 0 Å². The van der Waals surface area contributed by atoms with Crippen LogP contribution in [0.15, 0.2) is 35.2 Å². The summed E-state index contributed by atoms with van der Waals surface area (Å²) in [5.41, 5.74) is 0.270. The molecule has 1 aromatic heterocycles. The zero-order chi connectivity index (χ0) is 11.5. The number of nitrogens with one attached hydrogen (secondary N) is 1. The van der Waals surface area contributed by atoms with Crippen molar-refractivity contribution in [2.75, 3.05) is 5.32 Å². The maximum absolute atomic E-state index is 13.6. The number of benzene rings is 1. The van der Waals surface area contributed by atoms with Crippen molar-refractivity contribution < 1.29 is 4.39 Å². The number of aromatic nitrogens is 2. The molecule has 1 heterocycles. The van der Waals surface area contributed by atoms with E-state index >= 15 is 0 Å². The minimum atomic E-state index is -0.505. The summed E-state index contributed by atoms with van der Waals surface area (Å²) in [5, 5.41) is 2.89. The molecule has 0 amide bonds. The first-order chi connectivity index (χ1) is 7.68. The second-order valence-corrected chi connectivity index (χ2v) is 4.21. The van der Waals surface area contributed by atoms with E-state index in [0.717, 1.165) is 0 Å². The van der Waals surface area contributed by atoms with Crippen molar-refractivity contribution >= 4 is 39.0 Å². The Hall–Kier alpha value is -1.20. The molecule has 3 nitrogen and oxygen atoms in total. The summed E-state index contributed by atoms with van der Waals surface area (Å²) in [6, 6.07) is 4.72. The van der Waals surface area contributed by atoms with Crippen molar-refractivity contribution in [2.45, 2.75) is 0 Å². The van der Waals surface area contributed by atoms with Crippen LogP contribution in [-0.2, 0) is 0 Å². The van der Waals surface area contributed by atoms with Crippen LogP contribution >= 0.6 is 27.5 Å². The van der Waals surface area contributed by atoms with Gasteiger partial charge in [0.05, 0.1) is 15.2 Å². The Labute approximate surface area is 105 Å². The van der Waals surface area contributed by atoms with Crippen molar-refractivity contribution in [3.63, 3.8) is 0 Å². The van der Waals surface area contributed by atoms with Gasteiger partial charge in [-0.3, -0.25) is 0 Å². The topological polar surface area (TPSA) is 37.8 Å². The highest BCUT2D eigenvalue weighted by atomic mass is 79.9. The quantitative estimate of drug-likeness (QED) is 0.917. The van der Waals surface area contributed by atoms with Crippen molar-refractivity contribution in [3.05, 3.63) is 46.0 Å². The Balaban J connectivity index is 2.35. The van der Waals surface area contributed by atoms with Crippen LogP contribution in [0, 0.1) is 5.82 Å². The molecule has 0 fully saturated rings. The fraction of sp³-hybridized carbons (Fsp3) is 0. The summed E-state index contributed by atoms with van der Waals surface area (Å²) in [6.07, 6.45) is 2.94. The van der Waals surface area contributed by atoms with Gasteiger partial charge in [0, 0.05) is 6.20 Å². The Bertz CT molecular complexity index is 521. The van der Waals surface area contributed by atoms with Crippen LogP contribution in [0.1, 0.15) is 0 Å². The number of anilines is 2. The van der Waals surface area contributed by atoms with Gasteiger partial charge < -0.3 is 5.32 Å². The van der Waals surface area contributed by atoms with E-state index in [-0.39, 0.29) is 10.7 Å². The second-order valence-electron chi connectivity index (χ2n) is 2.95. The van der Waals surface area contributed by atoms with Gasteiger partial charge in [-0.15, -0.1) is 0 Å².